The molecule has 3 nitrogen and oxygen atoms in total. The summed E-state index contributed by atoms with van der Waals surface area (Å²) in [5, 5.41) is 3.53. The second-order valence-electron chi connectivity index (χ2n) is 5.83. The zero-order valence-electron chi connectivity index (χ0n) is 12.0. The van der Waals surface area contributed by atoms with Crippen molar-refractivity contribution in [1.29, 1.82) is 0 Å². The van der Waals surface area contributed by atoms with E-state index in [-0.39, 0.29) is 11.9 Å². The zero-order chi connectivity index (χ0) is 13.1. The largest absolute Gasteiger partial charge is 0.342 e. The molecule has 2 atom stereocenters. The van der Waals surface area contributed by atoms with Crippen molar-refractivity contribution in [2.45, 2.75) is 66.0 Å². The summed E-state index contributed by atoms with van der Waals surface area (Å²) in [7, 11) is 0. The van der Waals surface area contributed by atoms with E-state index in [0.29, 0.717) is 11.5 Å². The van der Waals surface area contributed by atoms with Crippen molar-refractivity contribution in [3.8, 4) is 0 Å². The average Bonchev–Trinajstić information content (AvgIpc) is 2.59. The fourth-order valence-corrected chi connectivity index (χ4v) is 2.82. The van der Waals surface area contributed by atoms with Crippen LogP contribution in [0.1, 0.15) is 53.9 Å². The Morgan fingerprint density at radius 1 is 1.41 bits per heavy atom. The molecule has 0 heterocycles. The number of hydrogen-bond acceptors (Lipinski definition) is 2. The van der Waals surface area contributed by atoms with Gasteiger partial charge in [-0.25, -0.2) is 0 Å². The van der Waals surface area contributed by atoms with Crippen molar-refractivity contribution >= 4 is 5.91 Å². The molecule has 1 rings (SSSR count). The molecule has 1 amide bonds. The standard InChI is InChI=1S/C14H28N2O/c1-6-16(7-2)13(17)11(3)15-12-9-8-10-14(12,4)5/h11-12,15H,6-10H2,1-5H3. The minimum Gasteiger partial charge on any atom is -0.342 e. The molecule has 1 aliphatic carbocycles. The highest BCUT2D eigenvalue weighted by atomic mass is 16.2. The van der Waals surface area contributed by atoms with Crippen LogP contribution in [0.4, 0.5) is 0 Å². The minimum absolute atomic E-state index is 0.0581. The molecule has 0 bridgehead atoms. The van der Waals surface area contributed by atoms with Crippen molar-refractivity contribution in [1.82, 2.24) is 10.2 Å². The molecule has 1 aliphatic rings. The van der Waals surface area contributed by atoms with Gasteiger partial charge >= 0.3 is 0 Å². The van der Waals surface area contributed by atoms with Gasteiger partial charge in [-0.05, 0) is 39.0 Å². The molecule has 0 spiro atoms. The Hall–Kier alpha value is -0.570. The van der Waals surface area contributed by atoms with Crippen LogP contribution >= 0.6 is 0 Å². The third kappa shape index (κ3) is 3.44. The molecular weight excluding hydrogens is 212 g/mol. The first kappa shape index (κ1) is 14.5. The molecule has 0 saturated heterocycles. The first-order valence-corrected chi connectivity index (χ1v) is 6.97. The van der Waals surface area contributed by atoms with Gasteiger partial charge in [-0.15, -0.1) is 0 Å². The molecular formula is C14H28N2O. The van der Waals surface area contributed by atoms with E-state index < -0.39 is 0 Å². The lowest BCUT2D eigenvalue weighted by Gasteiger charge is -2.32. The number of nitrogens with one attached hydrogen (secondary N) is 1. The highest BCUT2D eigenvalue weighted by Crippen LogP contribution is 2.37. The Morgan fingerprint density at radius 2 is 2.00 bits per heavy atom. The fraction of sp³-hybridized carbons (Fsp3) is 0.929. The van der Waals surface area contributed by atoms with Gasteiger partial charge in [0.25, 0.3) is 0 Å². The summed E-state index contributed by atoms with van der Waals surface area (Å²) in [5.41, 5.74) is 0.331. The summed E-state index contributed by atoms with van der Waals surface area (Å²) in [6.07, 6.45) is 3.73. The predicted molar refractivity (Wildman–Crippen MR) is 71.9 cm³/mol. The van der Waals surface area contributed by atoms with Crippen molar-refractivity contribution < 1.29 is 4.79 Å². The monoisotopic (exact) mass is 240 g/mol. The summed E-state index contributed by atoms with van der Waals surface area (Å²) in [6, 6.07) is 0.425. The molecule has 1 saturated carbocycles. The van der Waals surface area contributed by atoms with Gasteiger partial charge < -0.3 is 10.2 Å². The van der Waals surface area contributed by atoms with Gasteiger partial charge in [-0.3, -0.25) is 4.79 Å². The lowest BCUT2D eigenvalue weighted by molar-refractivity contribution is -0.133. The maximum absolute atomic E-state index is 12.2. The first-order chi connectivity index (χ1) is 7.92. The van der Waals surface area contributed by atoms with Gasteiger partial charge in [0.1, 0.15) is 0 Å². The molecule has 0 aromatic heterocycles. The second kappa shape index (κ2) is 5.85. The summed E-state index contributed by atoms with van der Waals surface area (Å²) < 4.78 is 0. The Labute approximate surface area is 106 Å². The molecule has 0 aliphatic heterocycles. The minimum atomic E-state index is -0.0581. The lowest BCUT2D eigenvalue weighted by Crippen LogP contribution is -2.50. The van der Waals surface area contributed by atoms with Gasteiger partial charge in [-0.1, -0.05) is 20.3 Å². The van der Waals surface area contributed by atoms with Crippen molar-refractivity contribution in [2.24, 2.45) is 5.41 Å². The van der Waals surface area contributed by atoms with E-state index in [1.165, 1.54) is 19.3 Å². The molecule has 2 unspecified atom stereocenters. The number of hydrogen-bond donors (Lipinski definition) is 1. The summed E-state index contributed by atoms with van der Waals surface area (Å²) in [4.78, 5) is 14.1. The van der Waals surface area contributed by atoms with Crippen LogP contribution in [0.5, 0.6) is 0 Å². The van der Waals surface area contributed by atoms with Gasteiger partial charge in [-0.2, -0.15) is 0 Å². The third-order valence-corrected chi connectivity index (χ3v) is 4.15. The Kier molecular flexibility index (Phi) is 4.99. The number of carbonyl (C=O) groups excluding carboxylic acids is 1. The number of likely N-dealkylation sites (N-methyl/N-ethyl adjacent to an activating group) is 1. The molecule has 0 radical (unpaired) electrons. The lowest BCUT2D eigenvalue weighted by atomic mass is 9.87. The maximum atomic E-state index is 12.2. The molecule has 0 aromatic carbocycles. The van der Waals surface area contributed by atoms with Crippen molar-refractivity contribution in [2.75, 3.05) is 13.1 Å². The Morgan fingerprint density at radius 3 is 2.41 bits per heavy atom. The summed E-state index contributed by atoms with van der Waals surface area (Å²) >= 11 is 0. The van der Waals surface area contributed by atoms with Gasteiger partial charge in [0.05, 0.1) is 6.04 Å². The maximum Gasteiger partial charge on any atom is 0.239 e. The van der Waals surface area contributed by atoms with E-state index in [1.807, 2.05) is 25.7 Å². The molecule has 100 valence electrons. The smallest absolute Gasteiger partial charge is 0.239 e. The van der Waals surface area contributed by atoms with Gasteiger partial charge in [0.2, 0.25) is 5.91 Å². The molecule has 1 N–H and O–H groups in total. The molecule has 1 fully saturated rings. The number of carbonyl (C=O) groups is 1. The highest BCUT2D eigenvalue weighted by molar-refractivity contribution is 5.81. The van der Waals surface area contributed by atoms with E-state index >= 15 is 0 Å². The van der Waals surface area contributed by atoms with Crippen molar-refractivity contribution in [3.05, 3.63) is 0 Å². The van der Waals surface area contributed by atoms with Crippen LogP contribution in [-0.4, -0.2) is 36.0 Å². The predicted octanol–water partition coefficient (Wildman–Crippen LogP) is 2.41. The van der Waals surface area contributed by atoms with Crippen LogP contribution < -0.4 is 5.32 Å². The molecule has 3 heteroatoms. The van der Waals surface area contributed by atoms with Crippen LogP contribution in [0.25, 0.3) is 0 Å². The molecule has 0 aromatic rings. The van der Waals surface area contributed by atoms with E-state index in [0.717, 1.165) is 13.1 Å². The van der Waals surface area contributed by atoms with E-state index in [1.54, 1.807) is 0 Å². The van der Waals surface area contributed by atoms with E-state index in [4.69, 9.17) is 0 Å². The number of nitrogens with zero attached hydrogens (tertiary/aromatic N) is 1. The Balaban J connectivity index is 2.54. The Bertz CT molecular complexity index is 259. The van der Waals surface area contributed by atoms with Gasteiger partial charge in [0.15, 0.2) is 0 Å². The highest BCUT2D eigenvalue weighted by Gasteiger charge is 2.36. The van der Waals surface area contributed by atoms with Crippen LogP contribution in [0.15, 0.2) is 0 Å². The van der Waals surface area contributed by atoms with Crippen LogP contribution in [0.3, 0.4) is 0 Å². The third-order valence-electron chi connectivity index (χ3n) is 4.15. The normalized spacial score (nSPS) is 24.6. The number of amides is 1. The average molecular weight is 240 g/mol. The fourth-order valence-electron chi connectivity index (χ4n) is 2.82. The molecule has 17 heavy (non-hydrogen) atoms. The quantitative estimate of drug-likeness (QED) is 0.800. The van der Waals surface area contributed by atoms with Crippen LogP contribution in [-0.2, 0) is 4.79 Å². The van der Waals surface area contributed by atoms with Crippen LogP contribution in [0, 0.1) is 5.41 Å². The summed E-state index contributed by atoms with van der Waals surface area (Å²) in [5.74, 6) is 0.234. The van der Waals surface area contributed by atoms with Crippen molar-refractivity contribution in [3.63, 3.8) is 0 Å². The van der Waals surface area contributed by atoms with E-state index in [2.05, 4.69) is 19.2 Å². The zero-order valence-corrected chi connectivity index (χ0v) is 12.0. The van der Waals surface area contributed by atoms with Crippen LogP contribution in [0.2, 0.25) is 0 Å². The second-order valence-corrected chi connectivity index (χ2v) is 5.83. The SMILES string of the molecule is CCN(CC)C(=O)C(C)NC1CCCC1(C)C. The first-order valence-electron chi connectivity index (χ1n) is 6.97. The summed E-state index contributed by atoms with van der Waals surface area (Å²) in [6.45, 7) is 12.3. The number of rotatable bonds is 5. The van der Waals surface area contributed by atoms with E-state index in [9.17, 15) is 4.79 Å². The van der Waals surface area contributed by atoms with Gasteiger partial charge in [0, 0.05) is 19.1 Å². The topological polar surface area (TPSA) is 32.3 Å².